The second-order valence-corrected chi connectivity index (χ2v) is 4.82. The van der Waals surface area contributed by atoms with Crippen LogP contribution in [0.5, 0.6) is 0 Å². The maximum absolute atomic E-state index is 11.6. The molecule has 0 aromatic rings. The summed E-state index contributed by atoms with van der Waals surface area (Å²) in [6.07, 6.45) is 0. The van der Waals surface area contributed by atoms with Crippen LogP contribution in [0.25, 0.3) is 0 Å². The number of rotatable bonds is 2. The smallest absolute Gasteiger partial charge is 0.234 e. The van der Waals surface area contributed by atoms with Crippen molar-refractivity contribution < 1.29 is 9.59 Å². The number of ketones is 1. The van der Waals surface area contributed by atoms with E-state index < -0.39 is 16.1 Å². The summed E-state index contributed by atoms with van der Waals surface area (Å²) >= 11 is 5.31. The van der Waals surface area contributed by atoms with Crippen LogP contribution < -0.4 is 0 Å². The predicted molar refractivity (Wildman–Crippen MR) is 49.1 cm³/mol. The summed E-state index contributed by atoms with van der Waals surface area (Å²) in [6.45, 7) is 8.43. The molecule has 0 unspecified atom stereocenters. The fraction of sp³-hybridized carbons (Fsp3) is 0.778. The Morgan fingerprint density at radius 2 is 1.33 bits per heavy atom. The van der Waals surface area contributed by atoms with Crippen LogP contribution in [0.3, 0.4) is 0 Å². The molecule has 0 aromatic carbocycles. The first-order valence-electron chi connectivity index (χ1n) is 3.85. The average Bonchev–Trinajstić information content (AvgIpc) is 1.83. The highest BCUT2D eigenvalue weighted by atomic mass is 35.5. The molecule has 12 heavy (non-hydrogen) atoms. The molecular formula is C9H15ClO2. The van der Waals surface area contributed by atoms with Gasteiger partial charge in [-0.15, -0.1) is 0 Å². The van der Waals surface area contributed by atoms with Crippen LogP contribution in [0.2, 0.25) is 0 Å². The van der Waals surface area contributed by atoms with Crippen LogP contribution in [0.1, 0.15) is 34.6 Å². The number of Topliss-reactive ketones (excluding diaryl/α,β-unsaturated/α-hetero) is 1. The second kappa shape index (κ2) is 3.17. The van der Waals surface area contributed by atoms with Crippen molar-refractivity contribution in [1.29, 1.82) is 0 Å². The number of hydrogen-bond donors (Lipinski definition) is 0. The van der Waals surface area contributed by atoms with Crippen molar-refractivity contribution in [2.75, 3.05) is 0 Å². The lowest BCUT2D eigenvalue weighted by Gasteiger charge is -2.27. The molecule has 0 radical (unpaired) electrons. The highest BCUT2D eigenvalue weighted by Crippen LogP contribution is 2.30. The zero-order valence-corrected chi connectivity index (χ0v) is 8.95. The third-order valence-electron chi connectivity index (χ3n) is 1.74. The molecule has 0 bridgehead atoms. The number of carbonyl (C=O) groups excluding carboxylic acids is 2. The van der Waals surface area contributed by atoms with Gasteiger partial charge >= 0.3 is 0 Å². The normalized spacial score (nSPS) is 12.8. The number of hydrogen-bond acceptors (Lipinski definition) is 2. The van der Waals surface area contributed by atoms with Crippen molar-refractivity contribution in [2.24, 2.45) is 10.8 Å². The summed E-state index contributed by atoms with van der Waals surface area (Å²) in [4.78, 5) is 22.5. The van der Waals surface area contributed by atoms with E-state index in [1.807, 2.05) is 0 Å². The Labute approximate surface area is 78.3 Å². The van der Waals surface area contributed by atoms with E-state index in [1.54, 1.807) is 34.6 Å². The zero-order chi connectivity index (χ0) is 10.2. The zero-order valence-electron chi connectivity index (χ0n) is 8.19. The van der Waals surface area contributed by atoms with Gasteiger partial charge in [0.15, 0.2) is 5.78 Å². The molecule has 0 aliphatic rings. The summed E-state index contributed by atoms with van der Waals surface area (Å²) in [7, 11) is 0. The van der Waals surface area contributed by atoms with Crippen LogP contribution >= 0.6 is 11.6 Å². The summed E-state index contributed by atoms with van der Waals surface area (Å²) in [6, 6.07) is 0. The van der Waals surface area contributed by atoms with Gasteiger partial charge in [-0.25, -0.2) is 0 Å². The lowest BCUT2D eigenvalue weighted by molar-refractivity contribution is -0.140. The monoisotopic (exact) mass is 190 g/mol. The highest BCUT2D eigenvalue weighted by Gasteiger charge is 2.40. The number of halogens is 1. The fourth-order valence-electron chi connectivity index (χ4n) is 1.03. The topological polar surface area (TPSA) is 34.1 Å². The van der Waals surface area contributed by atoms with Crippen molar-refractivity contribution in [3.63, 3.8) is 0 Å². The van der Waals surface area contributed by atoms with E-state index in [2.05, 4.69) is 0 Å². The Bertz CT molecular complexity index is 211. The van der Waals surface area contributed by atoms with Crippen molar-refractivity contribution in [3.05, 3.63) is 0 Å². The standard InChI is InChI=1S/C9H15ClO2/c1-8(2,3)6(11)9(4,5)7(10)12/h1-5H3. The Morgan fingerprint density at radius 1 is 1.00 bits per heavy atom. The maximum Gasteiger partial charge on any atom is 0.234 e. The average molecular weight is 191 g/mol. The first kappa shape index (κ1) is 11.6. The molecule has 3 heteroatoms. The van der Waals surface area contributed by atoms with E-state index in [0.717, 1.165) is 0 Å². The van der Waals surface area contributed by atoms with Crippen molar-refractivity contribution in [2.45, 2.75) is 34.6 Å². The predicted octanol–water partition coefficient (Wildman–Crippen LogP) is 2.39. The largest absolute Gasteiger partial charge is 0.298 e. The van der Waals surface area contributed by atoms with Gasteiger partial charge in [-0.05, 0) is 25.4 Å². The Balaban J connectivity index is 4.83. The molecule has 0 fully saturated rings. The van der Waals surface area contributed by atoms with E-state index in [-0.39, 0.29) is 5.78 Å². The molecule has 0 saturated heterocycles. The van der Waals surface area contributed by atoms with Gasteiger partial charge in [0, 0.05) is 5.41 Å². The lowest BCUT2D eigenvalue weighted by Crippen LogP contribution is -2.38. The Hall–Kier alpha value is -0.370. The summed E-state index contributed by atoms with van der Waals surface area (Å²) < 4.78 is 0. The molecule has 0 N–H and O–H groups in total. The Kier molecular flexibility index (Phi) is 3.07. The first-order chi connectivity index (χ1) is 5.10. The quantitative estimate of drug-likeness (QED) is 0.495. The van der Waals surface area contributed by atoms with E-state index in [9.17, 15) is 9.59 Å². The van der Waals surface area contributed by atoms with Gasteiger partial charge in [-0.2, -0.15) is 0 Å². The van der Waals surface area contributed by atoms with E-state index in [0.29, 0.717) is 0 Å². The van der Waals surface area contributed by atoms with E-state index >= 15 is 0 Å². The summed E-state index contributed by atoms with van der Waals surface area (Å²) in [5, 5.41) is -0.595. The van der Waals surface area contributed by atoms with Gasteiger partial charge in [-0.1, -0.05) is 20.8 Å². The molecule has 70 valence electrons. The van der Waals surface area contributed by atoms with Gasteiger partial charge in [0.2, 0.25) is 5.24 Å². The third kappa shape index (κ3) is 2.31. The van der Waals surface area contributed by atoms with Gasteiger partial charge in [-0.3, -0.25) is 9.59 Å². The van der Waals surface area contributed by atoms with Crippen molar-refractivity contribution in [1.82, 2.24) is 0 Å². The molecule has 0 aliphatic carbocycles. The van der Waals surface area contributed by atoms with Gasteiger partial charge < -0.3 is 0 Å². The van der Waals surface area contributed by atoms with Gasteiger partial charge in [0.1, 0.15) is 0 Å². The minimum atomic E-state index is -1.07. The van der Waals surface area contributed by atoms with E-state index in [4.69, 9.17) is 11.6 Å². The van der Waals surface area contributed by atoms with Gasteiger partial charge in [0.05, 0.1) is 5.41 Å². The molecular weight excluding hydrogens is 176 g/mol. The van der Waals surface area contributed by atoms with Gasteiger partial charge in [0.25, 0.3) is 0 Å². The fourth-order valence-corrected chi connectivity index (χ4v) is 1.11. The summed E-state index contributed by atoms with van der Waals surface area (Å²) in [5.41, 5.74) is -1.59. The van der Waals surface area contributed by atoms with Crippen molar-refractivity contribution in [3.8, 4) is 0 Å². The molecule has 0 spiro atoms. The third-order valence-corrected chi connectivity index (χ3v) is 2.21. The minimum Gasteiger partial charge on any atom is -0.298 e. The van der Waals surface area contributed by atoms with Crippen LogP contribution in [0.4, 0.5) is 0 Å². The molecule has 2 nitrogen and oxygen atoms in total. The lowest BCUT2D eigenvalue weighted by atomic mass is 9.75. The molecule has 0 amide bonds. The summed E-state index contributed by atoms with van der Waals surface area (Å²) in [5.74, 6) is -0.130. The van der Waals surface area contributed by atoms with Crippen LogP contribution in [0, 0.1) is 10.8 Å². The first-order valence-corrected chi connectivity index (χ1v) is 4.23. The molecule has 0 heterocycles. The Morgan fingerprint density at radius 3 is 1.42 bits per heavy atom. The maximum atomic E-state index is 11.6. The molecule has 0 aliphatic heterocycles. The van der Waals surface area contributed by atoms with Crippen molar-refractivity contribution >= 4 is 22.6 Å². The molecule has 0 atom stereocenters. The van der Waals surface area contributed by atoms with E-state index in [1.165, 1.54) is 0 Å². The SMILES string of the molecule is CC(C)(C)C(=O)C(C)(C)C(=O)Cl. The second-order valence-electron chi connectivity index (χ2n) is 4.48. The molecule has 0 rings (SSSR count). The highest BCUT2D eigenvalue weighted by molar-refractivity contribution is 6.66. The van der Waals surface area contributed by atoms with Crippen LogP contribution in [0.15, 0.2) is 0 Å². The molecule has 0 aromatic heterocycles. The van der Waals surface area contributed by atoms with Crippen LogP contribution in [-0.2, 0) is 9.59 Å². The van der Waals surface area contributed by atoms with Crippen LogP contribution in [-0.4, -0.2) is 11.0 Å². The molecule has 0 saturated carbocycles. The minimum absolute atomic E-state index is 0.130. The number of carbonyl (C=O) groups is 2.